The number of hydrogen-bond acceptors (Lipinski definition) is 2. The number of hydrogen-bond donors (Lipinski definition) is 2. The number of benzene rings is 1. The minimum atomic E-state index is 0.171. The van der Waals surface area contributed by atoms with E-state index < -0.39 is 0 Å². The van der Waals surface area contributed by atoms with E-state index in [0.717, 1.165) is 12.0 Å². The van der Waals surface area contributed by atoms with Gasteiger partial charge in [0.25, 0.3) is 0 Å². The molecular formula is C13H19NO. The molecule has 0 radical (unpaired) electrons. The Morgan fingerprint density at radius 3 is 2.67 bits per heavy atom. The Bertz CT molecular complexity index is 356. The maximum absolute atomic E-state index is 9.92. The zero-order valence-electron chi connectivity index (χ0n) is 9.29. The molecule has 1 aliphatic carbocycles. The molecule has 0 bridgehead atoms. The fourth-order valence-corrected chi connectivity index (χ4v) is 2.61. The number of aromatic hydroxyl groups is 1. The van der Waals surface area contributed by atoms with Crippen LogP contribution in [0.15, 0.2) is 18.2 Å². The summed E-state index contributed by atoms with van der Waals surface area (Å²) in [5.41, 5.74) is 8.16. The number of phenols is 1. The Labute approximate surface area is 91.1 Å². The molecule has 0 aliphatic heterocycles. The third-order valence-corrected chi connectivity index (χ3v) is 3.66. The van der Waals surface area contributed by atoms with E-state index in [2.05, 4.69) is 13.0 Å². The second kappa shape index (κ2) is 3.86. The van der Waals surface area contributed by atoms with Crippen molar-refractivity contribution >= 4 is 0 Å². The highest BCUT2D eigenvalue weighted by molar-refractivity contribution is 5.42. The van der Waals surface area contributed by atoms with Crippen molar-refractivity contribution in [1.82, 2.24) is 0 Å². The van der Waals surface area contributed by atoms with Gasteiger partial charge in [-0.1, -0.05) is 24.1 Å². The Kier molecular flexibility index (Phi) is 2.70. The number of nitrogens with two attached hydrogens (primary N) is 1. The maximum atomic E-state index is 9.92. The van der Waals surface area contributed by atoms with Crippen molar-refractivity contribution in [3.05, 3.63) is 29.3 Å². The zero-order chi connectivity index (χ0) is 10.9. The molecule has 0 aromatic heterocycles. The van der Waals surface area contributed by atoms with Crippen LogP contribution in [0.4, 0.5) is 0 Å². The van der Waals surface area contributed by atoms with E-state index in [0.29, 0.717) is 12.3 Å². The van der Waals surface area contributed by atoms with Gasteiger partial charge in [-0.05, 0) is 38.8 Å². The SMILES string of the molecule is Cc1ccc(O)c(C2(CCN)CCC2)c1. The lowest BCUT2D eigenvalue weighted by Gasteiger charge is -2.42. The summed E-state index contributed by atoms with van der Waals surface area (Å²) in [7, 11) is 0. The molecule has 1 aromatic rings. The van der Waals surface area contributed by atoms with Crippen LogP contribution >= 0.6 is 0 Å². The standard InChI is InChI=1S/C13H19NO/c1-10-3-4-12(15)11(9-10)13(7-8-14)5-2-6-13/h3-4,9,15H,2,5-8,14H2,1H3. The molecule has 0 unspecified atom stereocenters. The van der Waals surface area contributed by atoms with Gasteiger partial charge in [0, 0.05) is 11.0 Å². The van der Waals surface area contributed by atoms with Crippen molar-refractivity contribution in [1.29, 1.82) is 0 Å². The quantitative estimate of drug-likeness (QED) is 0.796. The van der Waals surface area contributed by atoms with Crippen LogP contribution in [0, 0.1) is 6.92 Å². The summed E-state index contributed by atoms with van der Waals surface area (Å²) in [5.74, 6) is 0.439. The molecule has 0 atom stereocenters. The van der Waals surface area contributed by atoms with Crippen molar-refractivity contribution in [2.45, 2.75) is 38.0 Å². The van der Waals surface area contributed by atoms with Gasteiger partial charge in [-0.25, -0.2) is 0 Å². The van der Waals surface area contributed by atoms with E-state index in [1.54, 1.807) is 6.07 Å². The summed E-state index contributed by atoms with van der Waals surface area (Å²) >= 11 is 0. The van der Waals surface area contributed by atoms with Gasteiger partial charge in [0.1, 0.15) is 5.75 Å². The van der Waals surface area contributed by atoms with Gasteiger partial charge >= 0.3 is 0 Å². The Hall–Kier alpha value is -1.02. The highest BCUT2D eigenvalue weighted by Crippen LogP contribution is 2.49. The monoisotopic (exact) mass is 205 g/mol. The van der Waals surface area contributed by atoms with Crippen LogP contribution < -0.4 is 5.73 Å². The van der Waals surface area contributed by atoms with Gasteiger partial charge < -0.3 is 10.8 Å². The summed E-state index contributed by atoms with van der Waals surface area (Å²) in [4.78, 5) is 0. The largest absolute Gasteiger partial charge is 0.508 e. The Balaban J connectivity index is 2.37. The molecule has 15 heavy (non-hydrogen) atoms. The summed E-state index contributed by atoms with van der Waals surface area (Å²) < 4.78 is 0. The lowest BCUT2D eigenvalue weighted by molar-refractivity contribution is 0.222. The molecule has 2 heteroatoms. The molecule has 0 heterocycles. The van der Waals surface area contributed by atoms with Crippen LogP contribution in [0.25, 0.3) is 0 Å². The molecule has 2 rings (SSSR count). The third kappa shape index (κ3) is 1.74. The first-order valence-electron chi connectivity index (χ1n) is 5.68. The zero-order valence-corrected chi connectivity index (χ0v) is 9.29. The first-order valence-corrected chi connectivity index (χ1v) is 5.68. The first kappa shape index (κ1) is 10.5. The van der Waals surface area contributed by atoms with E-state index in [-0.39, 0.29) is 5.41 Å². The van der Waals surface area contributed by atoms with E-state index in [4.69, 9.17) is 5.73 Å². The van der Waals surface area contributed by atoms with E-state index in [9.17, 15) is 5.11 Å². The van der Waals surface area contributed by atoms with Gasteiger partial charge in [-0.2, -0.15) is 0 Å². The predicted octanol–water partition coefficient (Wildman–Crippen LogP) is 2.47. The van der Waals surface area contributed by atoms with Crippen LogP contribution in [-0.4, -0.2) is 11.7 Å². The van der Waals surface area contributed by atoms with Crippen molar-refractivity contribution in [3.63, 3.8) is 0 Å². The molecule has 1 fully saturated rings. The van der Waals surface area contributed by atoms with Crippen LogP contribution in [0.1, 0.15) is 36.8 Å². The summed E-state index contributed by atoms with van der Waals surface area (Å²) in [5, 5.41) is 9.92. The normalized spacial score (nSPS) is 18.5. The molecule has 82 valence electrons. The maximum Gasteiger partial charge on any atom is 0.119 e. The molecule has 2 nitrogen and oxygen atoms in total. The molecule has 3 N–H and O–H groups in total. The minimum absolute atomic E-state index is 0.171. The lowest BCUT2D eigenvalue weighted by Crippen LogP contribution is -2.36. The topological polar surface area (TPSA) is 46.2 Å². The van der Waals surface area contributed by atoms with Gasteiger partial charge in [0.2, 0.25) is 0 Å². The van der Waals surface area contributed by atoms with Crippen LogP contribution in [0.2, 0.25) is 0 Å². The van der Waals surface area contributed by atoms with Crippen molar-refractivity contribution in [2.75, 3.05) is 6.54 Å². The van der Waals surface area contributed by atoms with Gasteiger partial charge in [0.15, 0.2) is 0 Å². The minimum Gasteiger partial charge on any atom is -0.508 e. The van der Waals surface area contributed by atoms with Crippen molar-refractivity contribution < 1.29 is 5.11 Å². The first-order chi connectivity index (χ1) is 7.18. The molecular weight excluding hydrogens is 186 g/mol. The van der Waals surface area contributed by atoms with E-state index >= 15 is 0 Å². The molecule has 1 aromatic carbocycles. The molecule has 0 amide bonds. The average Bonchev–Trinajstić information content (AvgIpc) is 2.16. The van der Waals surface area contributed by atoms with Crippen LogP contribution in [0.5, 0.6) is 5.75 Å². The van der Waals surface area contributed by atoms with Crippen LogP contribution in [-0.2, 0) is 5.41 Å². The predicted molar refractivity (Wildman–Crippen MR) is 62.0 cm³/mol. The average molecular weight is 205 g/mol. The van der Waals surface area contributed by atoms with Gasteiger partial charge in [-0.15, -0.1) is 0 Å². The summed E-state index contributed by atoms with van der Waals surface area (Å²) in [6.07, 6.45) is 4.58. The third-order valence-electron chi connectivity index (χ3n) is 3.66. The summed E-state index contributed by atoms with van der Waals surface area (Å²) in [6, 6.07) is 5.87. The van der Waals surface area contributed by atoms with E-state index in [1.807, 2.05) is 6.07 Å². The highest BCUT2D eigenvalue weighted by Gasteiger charge is 2.39. The van der Waals surface area contributed by atoms with Crippen molar-refractivity contribution in [3.8, 4) is 5.75 Å². The Morgan fingerprint density at radius 1 is 1.40 bits per heavy atom. The Morgan fingerprint density at radius 2 is 2.13 bits per heavy atom. The fraction of sp³-hybridized carbons (Fsp3) is 0.538. The smallest absolute Gasteiger partial charge is 0.119 e. The molecule has 1 saturated carbocycles. The fourth-order valence-electron chi connectivity index (χ4n) is 2.61. The summed E-state index contributed by atoms with van der Waals surface area (Å²) in [6.45, 7) is 2.77. The van der Waals surface area contributed by atoms with Gasteiger partial charge in [-0.3, -0.25) is 0 Å². The molecule has 0 spiro atoms. The van der Waals surface area contributed by atoms with Crippen LogP contribution in [0.3, 0.4) is 0 Å². The molecule has 1 aliphatic rings. The lowest BCUT2D eigenvalue weighted by atomic mass is 9.62. The number of rotatable bonds is 3. The van der Waals surface area contributed by atoms with E-state index in [1.165, 1.54) is 24.8 Å². The number of aryl methyl sites for hydroxylation is 1. The second-order valence-electron chi connectivity index (χ2n) is 4.69. The van der Waals surface area contributed by atoms with Gasteiger partial charge in [0.05, 0.1) is 0 Å². The van der Waals surface area contributed by atoms with Crippen molar-refractivity contribution in [2.24, 2.45) is 5.73 Å². The molecule has 0 saturated heterocycles. The second-order valence-corrected chi connectivity index (χ2v) is 4.69. The highest BCUT2D eigenvalue weighted by atomic mass is 16.3. The number of phenolic OH excluding ortho intramolecular Hbond substituents is 1.